The zero-order valence-corrected chi connectivity index (χ0v) is 33.4. The predicted molar refractivity (Wildman–Crippen MR) is 206 cm³/mol. The third-order valence-corrected chi connectivity index (χ3v) is 10.7. The van der Waals surface area contributed by atoms with Crippen LogP contribution in [0.2, 0.25) is 0 Å². The lowest BCUT2D eigenvalue weighted by molar-refractivity contribution is -0.150. The van der Waals surface area contributed by atoms with Crippen molar-refractivity contribution in [2.75, 3.05) is 20.2 Å². The number of aliphatic hydroxyl groups is 1. The van der Waals surface area contributed by atoms with Crippen LogP contribution in [0.4, 0.5) is 4.79 Å². The molecule has 11 unspecified atom stereocenters. The number of esters is 2. The first-order valence-electron chi connectivity index (χ1n) is 19.3. The number of amides is 1. The standard InChI is InChI=1S/C42H64N2O9/c1-11-36(46)50-35-20-17-29(6)38(51-37(47)21-19-34(45)18-16-26(35)3)27(4)14-13-15-28(5)39(41-40(52-41)30(7)32(9)49-10)53-42(48)44-24-22-33(23-25-44)31(8)43-12-2/h12-15,17,20,22,26,28-30,32,34-35,38-41,45H,8,11,16,18-19,21,23-25H2,1-7,9-10H3/b15-13+,20-17+,27-14+,43-12?. The van der Waals surface area contributed by atoms with E-state index in [0.29, 0.717) is 44.5 Å². The van der Waals surface area contributed by atoms with E-state index < -0.39 is 30.5 Å². The van der Waals surface area contributed by atoms with Gasteiger partial charge in [0.15, 0.2) is 0 Å². The Morgan fingerprint density at radius 1 is 1.13 bits per heavy atom. The Hall–Kier alpha value is -3.54. The highest BCUT2D eigenvalue weighted by molar-refractivity contribution is 5.70. The number of epoxide rings is 1. The Kier molecular flexibility index (Phi) is 17.7. The number of carbonyl (C=O) groups excluding carboxylic acids is 3. The largest absolute Gasteiger partial charge is 0.458 e. The highest BCUT2D eigenvalue weighted by atomic mass is 16.6. The van der Waals surface area contributed by atoms with Gasteiger partial charge in [0.2, 0.25) is 0 Å². The lowest BCUT2D eigenvalue weighted by atomic mass is 9.92. The molecular weight excluding hydrogens is 676 g/mol. The van der Waals surface area contributed by atoms with Crippen LogP contribution in [-0.2, 0) is 33.3 Å². The predicted octanol–water partition coefficient (Wildman–Crippen LogP) is 7.30. The zero-order chi connectivity index (χ0) is 39.2. The van der Waals surface area contributed by atoms with E-state index in [9.17, 15) is 19.5 Å². The van der Waals surface area contributed by atoms with Gasteiger partial charge in [-0.15, -0.1) is 0 Å². The zero-order valence-electron chi connectivity index (χ0n) is 33.4. The molecule has 1 N–H and O–H groups in total. The van der Waals surface area contributed by atoms with Crippen LogP contribution in [-0.4, -0.2) is 97.2 Å². The topological polar surface area (TPSA) is 136 Å². The van der Waals surface area contributed by atoms with E-state index in [1.54, 1.807) is 25.1 Å². The van der Waals surface area contributed by atoms with Crippen LogP contribution in [0.15, 0.2) is 64.9 Å². The Balaban J connectivity index is 1.82. The van der Waals surface area contributed by atoms with Crippen molar-refractivity contribution in [2.45, 2.75) is 137 Å². The molecule has 0 spiro atoms. The van der Waals surface area contributed by atoms with E-state index >= 15 is 0 Å². The summed E-state index contributed by atoms with van der Waals surface area (Å²) in [6.45, 7) is 20.5. The lowest BCUT2D eigenvalue weighted by Gasteiger charge is -2.29. The molecule has 0 aromatic rings. The molecular formula is C42H64N2O9. The smallest absolute Gasteiger partial charge is 0.410 e. The first-order valence-corrected chi connectivity index (χ1v) is 19.3. The van der Waals surface area contributed by atoms with E-state index in [1.165, 1.54) is 0 Å². The van der Waals surface area contributed by atoms with Gasteiger partial charge in [-0.1, -0.05) is 71.6 Å². The highest BCUT2D eigenvalue weighted by Gasteiger charge is 2.52. The fourth-order valence-electron chi connectivity index (χ4n) is 6.72. The quantitative estimate of drug-likeness (QED) is 0.0515. The lowest BCUT2D eigenvalue weighted by Crippen LogP contribution is -2.41. The van der Waals surface area contributed by atoms with Crippen molar-refractivity contribution in [1.29, 1.82) is 0 Å². The van der Waals surface area contributed by atoms with Crippen LogP contribution in [0.3, 0.4) is 0 Å². The first-order chi connectivity index (χ1) is 25.2. The molecule has 3 rings (SSSR count). The molecule has 1 amide bonds. The van der Waals surface area contributed by atoms with Crippen molar-refractivity contribution in [1.82, 2.24) is 4.90 Å². The van der Waals surface area contributed by atoms with Crippen molar-refractivity contribution in [3.63, 3.8) is 0 Å². The first kappa shape index (κ1) is 43.9. The number of nitrogens with zero attached hydrogens (tertiary/aromatic N) is 2. The summed E-state index contributed by atoms with van der Waals surface area (Å²) in [5.74, 6) is -1.03. The van der Waals surface area contributed by atoms with Crippen LogP contribution in [0, 0.1) is 23.7 Å². The Labute approximate surface area is 317 Å². The maximum atomic E-state index is 13.5. The Bertz CT molecular complexity index is 1400. The van der Waals surface area contributed by atoms with E-state index in [-0.39, 0.29) is 66.8 Å². The van der Waals surface area contributed by atoms with Crippen molar-refractivity contribution in [3.05, 3.63) is 59.9 Å². The minimum atomic E-state index is -0.656. The number of allylic oxidation sites excluding steroid dienone is 3. The monoisotopic (exact) mass is 740 g/mol. The number of ether oxygens (including phenoxy) is 5. The molecule has 3 aliphatic heterocycles. The van der Waals surface area contributed by atoms with Gasteiger partial charge in [0.25, 0.3) is 0 Å². The number of methoxy groups -OCH3 is 1. The van der Waals surface area contributed by atoms with Gasteiger partial charge in [0.05, 0.1) is 24.0 Å². The van der Waals surface area contributed by atoms with Gasteiger partial charge in [-0.3, -0.25) is 14.6 Å². The molecule has 11 atom stereocenters. The summed E-state index contributed by atoms with van der Waals surface area (Å²) >= 11 is 0. The molecule has 0 radical (unpaired) electrons. The summed E-state index contributed by atoms with van der Waals surface area (Å²) in [4.78, 5) is 44.7. The minimum Gasteiger partial charge on any atom is -0.458 e. The average Bonchev–Trinajstić information content (AvgIpc) is 3.95. The van der Waals surface area contributed by atoms with Gasteiger partial charge in [0.1, 0.15) is 24.4 Å². The minimum absolute atomic E-state index is 0.0114. The van der Waals surface area contributed by atoms with Crippen LogP contribution >= 0.6 is 0 Å². The molecule has 0 bridgehead atoms. The summed E-state index contributed by atoms with van der Waals surface area (Å²) in [6.07, 6.45) is 12.6. The molecule has 11 nitrogen and oxygen atoms in total. The fraction of sp³-hybridized carbons (Fsp3) is 0.667. The van der Waals surface area contributed by atoms with Gasteiger partial charge >= 0.3 is 18.0 Å². The normalized spacial score (nSPS) is 30.5. The summed E-state index contributed by atoms with van der Waals surface area (Å²) < 4.78 is 29.7. The van der Waals surface area contributed by atoms with Crippen molar-refractivity contribution in [2.24, 2.45) is 28.7 Å². The highest BCUT2D eigenvalue weighted by Crippen LogP contribution is 2.39. The molecule has 0 aliphatic carbocycles. The van der Waals surface area contributed by atoms with Crippen molar-refractivity contribution < 1.29 is 43.2 Å². The van der Waals surface area contributed by atoms with E-state index in [0.717, 1.165) is 11.1 Å². The number of hydrogen-bond donors (Lipinski definition) is 1. The third kappa shape index (κ3) is 13.4. The van der Waals surface area contributed by atoms with Gasteiger partial charge in [-0.05, 0) is 69.6 Å². The van der Waals surface area contributed by atoms with E-state index in [1.807, 2.05) is 78.0 Å². The fourth-order valence-corrected chi connectivity index (χ4v) is 6.72. The number of cyclic esters (lactones) is 1. The van der Waals surface area contributed by atoms with Crippen LogP contribution in [0.1, 0.15) is 93.9 Å². The number of aliphatic hydroxyl groups excluding tert-OH is 1. The van der Waals surface area contributed by atoms with Crippen molar-refractivity contribution in [3.8, 4) is 0 Å². The van der Waals surface area contributed by atoms with Gasteiger partial charge < -0.3 is 33.7 Å². The maximum absolute atomic E-state index is 13.5. The van der Waals surface area contributed by atoms with Crippen LogP contribution in [0.5, 0.6) is 0 Å². The molecule has 0 aromatic carbocycles. The summed E-state index contributed by atoms with van der Waals surface area (Å²) in [7, 11) is 1.68. The van der Waals surface area contributed by atoms with Gasteiger partial charge in [-0.2, -0.15) is 0 Å². The molecule has 0 aromatic heterocycles. The second-order valence-electron chi connectivity index (χ2n) is 14.8. The molecule has 3 heterocycles. The third-order valence-electron chi connectivity index (χ3n) is 10.7. The van der Waals surface area contributed by atoms with Crippen LogP contribution in [0.25, 0.3) is 0 Å². The summed E-state index contributed by atoms with van der Waals surface area (Å²) in [6, 6.07) is 0. The SMILES string of the molecule is C=C(N=CC)C1=CCN(C(=O)OC(C(C)/C=C/C=C(\C)C2OC(=O)CCC(O)CCC(C)C(OC(=O)CC)/C=C/C2C)C2OC2C(C)C(C)OC)CC1. The molecule has 0 saturated carbocycles. The summed E-state index contributed by atoms with van der Waals surface area (Å²) in [5, 5.41) is 10.5. The second kappa shape index (κ2) is 21.4. The average molecular weight is 741 g/mol. The maximum Gasteiger partial charge on any atom is 0.410 e. The van der Waals surface area contributed by atoms with Gasteiger partial charge in [0, 0.05) is 57.0 Å². The molecule has 1 fully saturated rings. The Morgan fingerprint density at radius 3 is 2.51 bits per heavy atom. The molecule has 3 aliphatic rings. The van der Waals surface area contributed by atoms with Crippen molar-refractivity contribution >= 4 is 24.2 Å². The number of hydrogen-bond acceptors (Lipinski definition) is 10. The molecule has 1 saturated heterocycles. The van der Waals surface area contributed by atoms with Crippen LogP contribution < -0.4 is 0 Å². The molecule has 11 heteroatoms. The molecule has 53 heavy (non-hydrogen) atoms. The number of aliphatic imine (C=N–C) groups is 1. The second-order valence-corrected chi connectivity index (χ2v) is 14.8. The summed E-state index contributed by atoms with van der Waals surface area (Å²) in [5.41, 5.74) is 2.54. The van der Waals surface area contributed by atoms with E-state index in [4.69, 9.17) is 23.7 Å². The Morgan fingerprint density at radius 2 is 1.87 bits per heavy atom. The number of carbonyl (C=O) groups is 3. The van der Waals surface area contributed by atoms with Gasteiger partial charge in [-0.25, -0.2) is 4.79 Å². The molecule has 296 valence electrons. The number of rotatable bonds is 13. The van der Waals surface area contributed by atoms with E-state index in [2.05, 4.69) is 18.5 Å².